The van der Waals surface area contributed by atoms with Gasteiger partial charge >= 0.3 is 12.2 Å². The zero-order valence-corrected chi connectivity index (χ0v) is 13.6. The van der Waals surface area contributed by atoms with Crippen LogP contribution in [-0.2, 0) is 6.42 Å². The van der Waals surface area contributed by atoms with Gasteiger partial charge < -0.3 is 15.3 Å². The summed E-state index contributed by atoms with van der Waals surface area (Å²) in [6.45, 7) is 2.94. The highest BCUT2D eigenvalue weighted by Gasteiger charge is 2.44. The molecule has 7 heteroatoms. The molecule has 1 fully saturated rings. The molecule has 0 aromatic heterocycles. The van der Waals surface area contributed by atoms with Crippen molar-refractivity contribution in [3.8, 4) is 0 Å². The number of halogens is 3. The number of benzene rings is 1. The summed E-state index contributed by atoms with van der Waals surface area (Å²) in [6.07, 6.45) is -5.87. The lowest BCUT2D eigenvalue weighted by atomic mass is 9.91. The van der Waals surface area contributed by atoms with Gasteiger partial charge in [0, 0.05) is 19.6 Å². The zero-order valence-electron chi connectivity index (χ0n) is 13.6. The molecule has 2 N–H and O–H groups in total. The van der Waals surface area contributed by atoms with E-state index in [2.05, 4.69) is 11.4 Å². The van der Waals surface area contributed by atoms with Crippen LogP contribution >= 0.6 is 0 Å². The Morgan fingerprint density at radius 1 is 1.38 bits per heavy atom. The minimum absolute atomic E-state index is 0.159. The van der Waals surface area contributed by atoms with Crippen molar-refractivity contribution in [2.75, 3.05) is 19.6 Å². The lowest BCUT2D eigenvalue weighted by molar-refractivity contribution is -0.222. The number of hydrogen-bond donors (Lipinski definition) is 2. The topological polar surface area (TPSA) is 52.6 Å². The van der Waals surface area contributed by atoms with Gasteiger partial charge in [-0.05, 0) is 37.7 Å². The summed E-state index contributed by atoms with van der Waals surface area (Å²) in [5, 5.41) is 12.1. The number of nitrogens with one attached hydrogen (secondary N) is 1. The second kappa shape index (κ2) is 7.88. The van der Waals surface area contributed by atoms with Crippen LogP contribution in [0.1, 0.15) is 24.0 Å². The number of nitrogens with zero attached hydrogens (tertiary/aromatic N) is 1. The maximum atomic E-state index is 12.5. The van der Waals surface area contributed by atoms with E-state index in [0.29, 0.717) is 13.0 Å². The number of carbonyl (C=O) groups is 1. The number of likely N-dealkylation sites (tertiary alicyclic amines) is 1. The van der Waals surface area contributed by atoms with Crippen LogP contribution in [-0.4, -0.2) is 48.0 Å². The van der Waals surface area contributed by atoms with Crippen molar-refractivity contribution >= 4 is 6.03 Å². The fourth-order valence-electron chi connectivity index (χ4n) is 2.98. The fourth-order valence-corrected chi connectivity index (χ4v) is 2.98. The molecule has 2 amide bonds. The number of alkyl halides is 3. The lowest BCUT2D eigenvalue weighted by Crippen LogP contribution is -2.48. The van der Waals surface area contributed by atoms with Crippen molar-refractivity contribution in [1.29, 1.82) is 0 Å². The number of piperidine rings is 1. The molecule has 4 nitrogen and oxygen atoms in total. The van der Waals surface area contributed by atoms with E-state index >= 15 is 0 Å². The summed E-state index contributed by atoms with van der Waals surface area (Å²) in [5.41, 5.74) is 2.28. The lowest BCUT2D eigenvalue weighted by Gasteiger charge is -2.34. The molecule has 134 valence electrons. The van der Waals surface area contributed by atoms with Gasteiger partial charge in [-0.3, -0.25) is 0 Å². The number of amides is 2. The van der Waals surface area contributed by atoms with Crippen LogP contribution < -0.4 is 5.32 Å². The molecule has 0 radical (unpaired) electrons. The summed E-state index contributed by atoms with van der Waals surface area (Å²) in [4.78, 5) is 13.6. The Bertz CT molecular complexity index is 555. The summed E-state index contributed by atoms with van der Waals surface area (Å²) < 4.78 is 37.5. The Morgan fingerprint density at radius 3 is 2.62 bits per heavy atom. The van der Waals surface area contributed by atoms with Crippen molar-refractivity contribution in [2.24, 2.45) is 5.92 Å². The average Bonchev–Trinajstić information content (AvgIpc) is 2.53. The molecule has 1 atom stereocenters. The fraction of sp³-hybridized carbons (Fsp3) is 0.588. The Hall–Kier alpha value is -1.76. The maximum absolute atomic E-state index is 12.5. The van der Waals surface area contributed by atoms with Gasteiger partial charge in [-0.25, -0.2) is 4.79 Å². The van der Waals surface area contributed by atoms with Crippen LogP contribution in [0, 0.1) is 12.8 Å². The van der Waals surface area contributed by atoms with E-state index in [9.17, 15) is 23.1 Å². The quantitative estimate of drug-likeness (QED) is 0.882. The third-order valence-electron chi connectivity index (χ3n) is 4.38. The van der Waals surface area contributed by atoms with Crippen molar-refractivity contribution in [1.82, 2.24) is 10.2 Å². The van der Waals surface area contributed by atoms with Gasteiger partial charge in [-0.15, -0.1) is 0 Å². The van der Waals surface area contributed by atoms with E-state index in [0.717, 1.165) is 11.1 Å². The van der Waals surface area contributed by atoms with E-state index in [1.807, 2.05) is 25.1 Å². The van der Waals surface area contributed by atoms with Crippen molar-refractivity contribution in [2.45, 2.75) is 38.5 Å². The highest BCUT2D eigenvalue weighted by Crippen LogP contribution is 2.31. The zero-order chi connectivity index (χ0) is 17.7. The first-order valence-corrected chi connectivity index (χ1v) is 8.10. The highest BCUT2D eigenvalue weighted by molar-refractivity contribution is 5.74. The first kappa shape index (κ1) is 18.6. The van der Waals surface area contributed by atoms with Gasteiger partial charge in [-0.1, -0.05) is 29.8 Å². The van der Waals surface area contributed by atoms with Gasteiger partial charge in [0.25, 0.3) is 0 Å². The van der Waals surface area contributed by atoms with E-state index in [-0.39, 0.29) is 32.0 Å². The van der Waals surface area contributed by atoms with Crippen LogP contribution in [0.4, 0.5) is 18.0 Å². The van der Waals surface area contributed by atoms with E-state index in [4.69, 9.17) is 0 Å². The van der Waals surface area contributed by atoms with Gasteiger partial charge in [0.1, 0.15) is 0 Å². The maximum Gasteiger partial charge on any atom is 0.414 e. The minimum Gasteiger partial charge on any atom is -0.383 e. The third-order valence-corrected chi connectivity index (χ3v) is 4.38. The van der Waals surface area contributed by atoms with Crippen LogP contribution in [0.5, 0.6) is 0 Å². The van der Waals surface area contributed by atoms with Gasteiger partial charge in [-0.2, -0.15) is 13.2 Å². The number of aliphatic hydroxyl groups is 1. The molecular weight excluding hydrogens is 321 g/mol. The molecule has 1 saturated heterocycles. The number of carbonyl (C=O) groups excluding carboxylic acids is 1. The molecule has 0 unspecified atom stereocenters. The number of urea groups is 1. The van der Waals surface area contributed by atoms with Gasteiger partial charge in [0.15, 0.2) is 6.10 Å². The normalized spacial score (nSPS) is 17.6. The van der Waals surface area contributed by atoms with Crippen molar-refractivity contribution in [3.63, 3.8) is 0 Å². The number of aryl methyl sites for hydroxylation is 1. The predicted molar refractivity (Wildman–Crippen MR) is 84.6 cm³/mol. The third kappa shape index (κ3) is 5.12. The molecule has 1 aliphatic heterocycles. The second-order valence-electron chi connectivity index (χ2n) is 6.28. The Balaban J connectivity index is 1.73. The predicted octanol–water partition coefficient (Wildman–Crippen LogP) is 2.88. The number of rotatable bonds is 4. The largest absolute Gasteiger partial charge is 0.414 e. The Labute approximate surface area is 139 Å². The van der Waals surface area contributed by atoms with Crippen molar-refractivity contribution in [3.05, 3.63) is 35.4 Å². The summed E-state index contributed by atoms with van der Waals surface area (Å²) in [7, 11) is 0. The SMILES string of the molecule is Cc1cccc(CCNC(=O)N2CCC([C@H](O)C(F)(F)F)CC2)c1. The van der Waals surface area contributed by atoms with Crippen LogP contribution in [0.15, 0.2) is 24.3 Å². The standard InChI is InChI=1S/C17H23F3N2O2/c1-12-3-2-4-13(11-12)5-8-21-16(24)22-9-6-14(7-10-22)15(23)17(18,19)20/h2-4,11,14-15,23H,5-10H2,1H3,(H,21,24)/t15-/m0/s1. The molecular formula is C17H23F3N2O2. The first-order chi connectivity index (χ1) is 11.3. The molecule has 24 heavy (non-hydrogen) atoms. The number of hydrogen-bond acceptors (Lipinski definition) is 2. The van der Waals surface area contributed by atoms with Crippen molar-refractivity contribution < 1.29 is 23.1 Å². The molecule has 1 aliphatic rings. The van der Waals surface area contributed by atoms with Crippen LogP contribution in [0.3, 0.4) is 0 Å². The molecule has 1 heterocycles. The summed E-state index contributed by atoms with van der Waals surface area (Å²) in [5.74, 6) is -0.832. The monoisotopic (exact) mass is 344 g/mol. The molecule has 0 aliphatic carbocycles. The molecule has 1 aromatic carbocycles. The highest BCUT2D eigenvalue weighted by atomic mass is 19.4. The molecule has 1 aromatic rings. The second-order valence-corrected chi connectivity index (χ2v) is 6.28. The summed E-state index contributed by atoms with van der Waals surface area (Å²) in [6, 6.07) is 7.74. The van der Waals surface area contributed by atoms with Crippen LogP contribution in [0.2, 0.25) is 0 Å². The van der Waals surface area contributed by atoms with Gasteiger partial charge in [0.05, 0.1) is 0 Å². The Morgan fingerprint density at radius 2 is 2.04 bits per heavy atom. The first-order valence-electron chi connectivity index (χ1n) is 8.10. The Kier molecular flexibility index (Phi) is 6.10. The molecule has 0 bridgehead atoms. The van der Waals surface area contributed by atoms with Crippen LogP contribution in [0.25, 0.3) is 0 Å². The average molecular weight is 344 g/mol. The number of aliphatic hydroxyl groups excluding tert-OH is 1. The smallest absolute Gasteiger partial charge is 0.383 e. The molecule has 0 saturated carbocycles. The summed E-state index contributed by atoms with van der Waals surface area (Å²) >= 11 is 0. The van der Waals surface area contributed by atoms with Gasteiger partial charge in [0.2, 0.25) is 0 Å². The molecule has 2 rings (SSSR count). The molecule has 0 spiro atoms. The van der Waals surface area contributed by atoms with E-state index in [1.165, 1.54) is 4.90 Å². The van der Waals surface area contributed by atoms with E-state index < -0.39 is 18.2 Å². The van der Waals surface area contributed by atoms with E-state index in [1.54, 1.807) is 0 Å². The minimum atomic E-state index is -4.59.